The highest BCUT2D eigenvalue weighted by molar-refractivity contribution is 6.02. The molecule has 0 saturated carbocycles. The molecule has 152 valence electrons. The average Bonchev–Trinajstić information content (AvgIpc) is 3.20. The van der Waals surface area contributed by atoms with Gasteiger partial charge < -0.3 is 5.32 Å². The molecule has 0 aliphatic heterocycles. The highest BCUT2D eigenvalue weighted by atomic mass is 16.1. The van der Waals surface area contributed by atoms with Gasteiger partial charge in [0.15, 0.2) is 11.6 Å². The second kappa shape index (κ2) is 8.64. The number of carbonyl (C=O) groups excluding carboxylic acids is 1. The maximum absolute atomic E-state index is 12.6. The van der Waals surface area contributed by atoms with Gasteiger partial charge in [-0.3, -0.25) is 4.79 Å². The largest absolute Gasteiger partial charge is 0.306 e. The van der Waals surface area contributed by atoms with Crippen molar-refractivity contribution in [1.82, 2.24) is 14.8 Å². The van der Waals surface area contributed by atoms with E-state index in [2.05, 4.69) is 47.4 Å². The summed E-state index contributed by atoms with van der Waals surface area (Å²) in [6, 6.07) is 21.6. The number of amides is 1. The second-order valence-corrected chi connectivity index (χ2v) is 7.44. The van der Waals surface area contributed by atoms with Gasteiger partial charge in [-0.1, -0.05) is 56.3 Å². The van der Waals surface area contributed by atoms with Crippen LogP contribution in [0.4, 0.5) is 5.82 Å². The van der Waals surface area contributed by atoms with E-state index in [0.29, 0.717) is 11.7 Å². The van der Waals surface area contributed by atoms with Crippen LogP contribution in [0.2, 0.25) is 0 Å². The lowest BCUT2D eigenvalue weighted by Gasteiger charge is -2.08. The number of rotatable bonds is 5. The fraction of sp³-hybridized carbons (Fsp3) is 0.120. The number of hydrogen-bond acceptors (Lipinski definition) is 4. The van der Waals surface area contributed by atoms with Gasteiger partial charge in [0.1, 0.15) is 11.6 Å². The molecule has 6 heteroatoms. The van der Waals surface area contributed by atoms with Crippen molar-refractivity contribution in [2.75, 3.05) is 5.32 Å². The number of benzene rings is 2. The quantitative estimate of drug-likeness (QED) is 0.468. The first-order valence-corrected chi connectivity index (χ1v) is 9.98. The van der Waals surface area contributed by atoms with Crippen molar-refractivity contribution in [2.45, 2.75) is 19.8 Å². The molecule has 0 spiro atoms. The summed E-state index contributed by atoms with van der Waals surface area (Å²) in [5.74, 6) is 0.903. The smallest absolute Gasteiger partial charge is 0.249 e. The molecule has 1 amide bonds. The highest BCUT2D eigenvalue weighted by Gasteiger charge is 2.15. The summed E-state index contributed by atoms with van der Waals surface area (Å²) in [5, 5.41) is 17.5. The SMILES string of the molecule is CC(C)c1ccc(/C=C/C(=O)Nc2c(C#N)cnn2-c2ccc3ccccc3n2)cc1. The van der Waals surface area contributed by atoms with Gasteiger partial charge in [0.25, 0.3) is 0 Å². The Morgan fingerprint density at radius 1 is 1.10 bits per heavy atom. The van der Waals surface area contributed by atoms with Gasteiger partial charge in [0, 0.05) is 11.5 Å². The Morgan fingerprint density at radius 3 is 2.61 bits per heavy atom. The summed E-state index contributed by atoms with van der Waals surface area (Å²) in [6.07, 6.45) is 4.60. The molecule has 2 aromatic heterocycles. The monoisotopic (exact) mass is 407 g/mol. The zero-order valence-corrected chi connectivity index (χ0v) is 17.3. The van der Waals surface area contributed by atoms with E-state index in [-0.39, 0.29) is 17.3 Å². The lowest BCUT2D eigenvalue weighted by molar-refractivity contribution is -0.111. The van der Waals surface area contributed by atoms with Gasteiger partial charge >= 0.3 is 0 Å². The molecule has 0 radical (unpaired) electrons. The first-order chi connectivity index (χ1) is 15.0. The number of carbonyl (C=O) groups is 1. The Labute approximate surface area is 180 Å². The van der Waals surface area contributed by atoms with Crippen LogP contribution in [0, 0.1) is 11.3 Å². The Morgan fingerprint density at radius 2 is 1.87 bits per heavy atom. The van der Waals surface area contributed by atoms with Gasteiger partial charge in [-0.15, -0.1) is 0 Å². The van der Waals surface area contributed by atoms with E-state index in [0.717, 1.165) is 16.5 Å². The van der Waals surface area contributed by atoms with Crippen molar-refractivity contribution in [3.8, 4) is 11.9 Å². The average molecular weight is 407 g/mol. The third-order valence-corrected chi connectivity index (χ3v) is 4.96. The third-order valence-electron chi connectivity index (χ3n) is 4.96. The maximum atomic E-state index is 12.6. The maximum Gasteiger partial charge on any atom is 0.249 e. The number of pyridine rings is 1. The van der Waals surface area contributed by atoms with Gasteiger partial charge in [-0.2, -0.15) is 15.0 Å². The van der Waals surface area contributed by atoms with Gasteiger partial charge in [0.05, 0.1) is 11.7 Å². The number of anilines is 1. The van der Waals surface area contributed by atoms with Crippen LogP contribution in [0.1, 0.15) is 36.5 Å². The summed E-state index contributed by atoms with van der Waals surface area (Å²) < 4.78 is 1.47. The normalized spacial score (nSPS) is 11.2. The van der Waals surface area contributed by atoms with Gasteiger partial charge in [-0.05, 0) is 41.3 Å². The number of nitrogens with one attached hydrogen (secondary N) is 1. The summed E-state index contributed by atoms with van der Waals surface area (Å²) in [5.41, 5.74) is 3.23. The van der Waals surface area contributed by atoms with E-state index in [4.69, 9.17) is 0 Å². The third kappa shape index (κ3) is 4.36. The standard InChI is InChI=1S/C25H21N5O/c1-17(2)19-10-7-18(8-11-19)9-14-24(31)29-25-21(15-26)16-27-30(25)23-13-12-20-5-3-4-6-22(20)28-23/h3-14,16-17H,1-2H3,(H,29,31)/b14-9+. The van der Waals surface area contributed by atoms with Crippen molar-refractivity contribution in [3.63, 3.8) is 0 Å². The molecule has 4 rings (SSSR count). The molecular weight excluding hydrogens is 386 g/mol. The molecule has 0 fully saturated rings. The molecule has 4 aromatic rings. The van der Waals surface area contributed by atoms with Crippen LogP contribution >= 0.6 is 0 Å². The van der Waals surface area contributed by atoms with Gasteiger partial charge in [-0.25, -0.2) is 4.98 Å². The number of hydrogen-bond donors (Lipinski definition) is 1. The fourth-order valence-corrected chi connectivity index (χ4v) is 3.22. The lowest BCUT2D eigenvalue weighted by atomic mass is 10.0. The minimum Gasteiger partial charge on any atom is -0.306 e. The Kier molecular flexibility index (Phi) is 5.59. The number of nitrogens with zero attached hydrogens (tertiary/aromatic N) is 4. The van der Waals surface area contributed by atoms with E-state index >= 15 is 0 Å². The number of aromatic nitrogens is 3. The summed E-state index contributed by atoms with van der Waals surface area (Å²) in [6.45, 7) is 4.28. The molecule has 0 unspecified atom stereocenters. The second-order valence-electron chi connectivity index (χ2n) is 7.44. The van der Waals surface area contributed by atoms with Crippen LogP contribution in [0.3, 0.4) is 0 Å². The van der Waals surface area contributed by atoms with E-state index in [1.54, 1.807) is 12.1 Å². The van der Waals surface area contributed by atoms with E-state index in [1.165, 1.54) is 22.5 Å². The number of para-hydroxylation sites is 1. The van der Waals surface area contributed by atoms with Crippen LogP contribution in [0.15, 0.2) is 72.9 Å². The highest BCUT2D eigenvalue weighted by Crippen LogP contribution is 2.21. The lowest BCUT2D eigenvalue weighted by Crippen LogP contribution is -2.14. The molecule has 31 heavy (non-hydrogen) atoms. The van der Waals surface area contributed by atoms with E-state index in [1.807, 2.05) is 42.5 Å². The van der Waals surface area contributed by atoms with Crippen molar-refractivity contribution in [3.05, 3.63) is 89.6 Å². The summed E-state index contributed by atoms with van der Waals surface area (Å²) in [4.78, 5) is 17.2. The van der Waals surface area contributed by atoms with E-state index in [9.17, 15) is 10.1 Å². The van der Waals surface area contributed by atoms with Crippen LogP contribution in [-0.2, 0) is 4.79 Å². The Balaban J connectivity index is 1.58. The molecule has 2 heterocycles. The van der Waals surface area contributed by atoms with Crippen molar-refractivity contribution >= 4 is 28.7 Å². The van der Waals surface area contributed by atoms with Crippen LogP contribution in [0.5, 0.6) is 0 Å². The predicted molar refractivity (Wildman–Crippen MR) is 122 cm³/mol. The molecule has 0 aliphatic carbocycles. The molecule has 1 N–H and O–H groups in total. The summed E-state index contributed by atoms with van der Waals surface area (Å²) in [7, 11) is 0. The predicted octanol–water partition coefficient (Wildman–Crippen LogP) is 5.07. The molecule has 0 atom stereocenters. The van der Waals surface area contributed by atoms with Crippen molar-refractivity contribution < 1.29 is 4.79 Å². The molecule has 6 nitrogen and oxygen atoms in total. The Hall–Kier alpha value is -4.24. The fourth-order valence-electron chi connectivity index (χ4n) is 3.22. The van der Waals surface area contributed by atoms with Crippen LogP contribution in [-0.4, -0.2) is 20.7 Å². The molecule has 0 aliphatic rings. The zero-order valence-electron chi connectivity index (χ0n) is 17.3. The van der Waals surface area contributed by atoms with E-state index < -0.39 is 0 Å². The zero-order chi connectivity index (χ0) is 21.8. The first kappa shape index (κ1) is 20.0. The number of nitriles is 1. The van der Waals surface area contributed by atoms with Crippen LogP contribution < -0.4 is 5.32 Å². The Bertz CT molecular complexity index is 1310. The first-order valence-electron chi connectivity index (χ1n) is 9.98. The van der Waals surface area contributed by atoms with Crippen molar-refractivity contribution in [2.24, 2.45) is 0 Å². The van der Waals surface area contributed by atoms with Crippen LogP contribution in [0.25, 0.3) is 22.8 Å². The summed E-state index contributed by atoms with van der Waals surface area (Å²) >= 11 is 0. The topological polar surface area (TPSA) is 83.6 Å². The minimum atomic E-state index is -0.355. The molecule has 0 bridgehead atoms. The van der Waals surface area contributed by atoms with Crippen molar-refractivity contribution in [1.29, 1.82) is 5.26 Å². The number of fused-ring (bicyclic) bond motifs is 1. The van der Waals surface area contributed by atoms with Gasteiger partial charge in [0.2, 0.25) is 5.91 Å². The molecule has 0 saturated heterocycles. The molecular formula is C25H21N5O. The molecule has 2 aromatic carbocycles. The minimum absolute atomic E-state index is 0.262.